The Hall–Kier alpha value is -2.60. The molecule has 0 spiro atoms. The van der Waals surface area contributed by atoms with Gasteiger partial charge in [-0.3, -0.25) is 0 Å². The molecular weight excluding hydrogens is 498 g/mol. The van der Waals surface area contributed by atoms with Crippen LogP contribution in [-0.4, -0.2) is 27.7 Å². The number of benzene rings is 2. The SMILES string of the molecule is CCc1cccc(-c2ccc(COc3ccc(CO)c(CO)c3)s2)c1C(O)(C(F)(F)F)C(F)(F)F. The normalized spacial score (nSPS) is 12.7. The highest BCUT2D eigenvalue weighted by atomic mass is 32.1. The van der Waals surface area contributed by atoms with E-state index in [1.165, 1.54) is 31.2 Å². The Bertz CT molecular complexity index is 1160. The minimum Gasteiger partial charge on any atom is -0.488 e. The number of halogens is 6. The summed E-state index contributed by atoms with van der Waals surface area (Å²) < 4.78 is 87.9. The lowest BCUT2D eigenvalue weighted by Crippen LogP contribution is -2.54. The molecule has 0 radical (unpaired) electrons. The molecule has 0 saturated carbocycles. The third kappa shape index (κ3) is 5.18. The van der Waals surface area contributed by atoms with E-state index in [0.717, 1.165) is 23.5 Å². The fourth-order valence-corrected chi connectivity index (χ4v) is 4.67. The van der Waals surface area contributed by atoms with Gasteiger partial charge in [0, 0.05) is 15.3 Å². The van der Waals surface area contributed by atoms with Gasteiger partial charge in [-0.2, -0.15) is 26.3 Å². The lowest BCUT2D eigenvalue weighted by Gasteiger charge is -2.35. The van der Waals surface area contributed by atoms with Crippen molar-refractivity contribution >= 4 is 11.3 Å². The Morgan fingerprint density at radius 3 is 2.06 bits per heavy atom. The van der Waals surface area contributed by atoms with Crippen LogP contribution < -0.4 is 4.74 Å². The van der Waals surface area contributed by atoms with Gasteiger partial charge in [0.05, 0.1) is 13.2 Å². The van der Waals surface area contributed by atoms with Gasteiger partial charge in [0.15, 0.2) is 0 Å². The van der Waals surface area contributed by atoms with Crippen molar-refractivity contribution in [1.29, 1.82) is 0 Å². The largest absolute Gasteiger partial charge is 0.488 e. The zero-order chi connectivity index (χ0) is 26.0. The summed E-state index contributed by atoms with van der Waals surface area (Å²) in [7, 11) is 0. The summed E-state index contributed by atoms with van der Waals surface area (Å²) in [6.07, 6.45) is -12.2. The lowest BCUT2D eigenvalue weighted by atomic mass is 9.83. The van der Waals surface area contributed by atoms with Crippen molar-refractivity contribution in [2.45, 2.75) is 51.1 Å². The second-order valence-corrected chi connectivity index (χ2v) is 8.87. The van der Waals surface area contributed by atoms with Crippen molar-refractivity contribution in [2.75, 3.05) is 0 Å². The highest BCUT2D eigenvalue weighted by Gasteiger charge is 2.72. The van der Waals surface area contributed by atoms with E-state index in [1.807, 2.05) is 0 Å². The third-order valence-corrected chi connectivity index (χ3v) is 6.63. The van der Waals surface area contributed by atoms with Gasteiger partial charge in [-0.25, -0.2) is 0 Å². The molecule has 0 aliphatic rings. The van der Waals surface area contributed by atoms with E-state index < -0.39 is 23.5 Å². The van der Waals surface area contributed by atoms with Crippen molar-refractivity contribution in [1.82, 2.24) is 0 Å². The van der Waals surface area contributed by atoms with Gasteiger partial charge in [-0.15, -0.1) is 11.3 Å². The van der Waals surface area contributed by atoms with Gasteiger partial charge >= 0.3 is 12.4 Å². The minimum atomic E-state index is -6.00. The molecule has 11 heteroatoms. The number of hydrogen-bond donors (Lipinski definition) is 3. The summed E-state index contributed by atoms with van der Waals surface area (Å²) in [5, 5.41) is 28.8. The quantitative estimate of drug-likeness (QED) is 0.326. The molecule has 0 unspecified atom stereocenters. The first kappa shape index (κ1) is 27.0. The predicted molar refractivity (Wildman–Crippen MR) is 118 cm³/mol. The number of aliphatic hydroxyl groups is 3. The summed E-state index contributed by atoms with van der Waals surface area (Å²) in [6, 6.07) is 11.1. The van der Waals surface area contributed by atoms with E-state index >= 15 is 0 Å². The van der Waals surface area contributed by atoms with Crippen LogP contribution in [0.3, 0.4) is 0 Å². The zero-order valence-electron chi connectivity index (χ0n) is 18.4. The molecular formula is C24H22F6O4S. The number of thiophene rings is 1. The molecule has 190 valence electrons. The van der Waals surface area contributed by atoms with Crippen LogP contribution in [0.2, 0.25) is 0 Å². The minimum absolute atomic E-state index is 0.0420. The Labute approximate surface area is 201 Å². The smallest absolute Gasteiger partial charge is 0.430 e. The molecule has 0 amide bonds. The predicted octanol–water partition coefficient (Wildman–Crippen LogP) is 5.85. The Kier molecular flexibility index (Phi) is 7.85. The summed E-state index contributed by atoms with van der Waals surface area (Å²) in [5.74, 6) is 0.360. The van der Waals surface area contributed by atoms with Crippen LogP contribution >= 0.6 is 11.3 Å². The molecule has 3 aromatic rings. The van der Waals surface area contributed by atoms with Gasteiger partial charge < -0.3 is 20.1 Å². The Balaban J connectivity index is 1.99. The molecule has 0 saturated heterocycles. The first-order valence-electron chi connectivity index (χ1n) is 10.4. The van der Waals surface area contributed by atoms with Crippen LogP contribution in [0.4, 0.5) is 26.3 Å². The number of hydrogen-bond acceptors (Lipinski definition) is 5. The van der Waals surface area contributed by atoms with Crippen molar-refractivity contribution in [3.63, 3.8) is 0 Å². The fraction of sp³-hybridized carbons (Fsp3) is 0.333. The van der Waals surface area contributed by atoms with Crippen LogP contribution in [0.25, 0.3) is 10.4 Å². The maximum Gasteiger partial charge on any atom is 0.430 e. The van der Waals surface area contributed by atoms with E-state index in [4.69, 9.17) is 4.74 Å². The molecule has 1 aromatic heterocycles. The summed E-state index contributed by atoms with van der Waals surface area (Å²) in [6.45, 7) is 0.770. The number of ether oxygens (including phenoxy) is 1. The van der Waals surface area contributed by atoms with Crippen LogP contribution in [0.5, 0.6) is 5.75 Å². The molecule has 0 atom stereocenters. The van der Waals surface area contributed by atoms with E-state index in [2.05, 4.69) is 0 Å². The van der Waals surface area contributed by atoms with Gasteiger partial charge in [-0.05, 0) is 52.9 Å². The third-order valence-electron chi connectivity index (χ3n) is 5.54. The molecule has 0 aliphatic carbocycles. The van der Waals surface area contributed by atoms with E-state index in [9.17, 15) is 41.7 Å². The van der Waals surface area contributed by atoms with Crippen molar-refractivity contribution in [3.05, 3.63) is 75.7 Å². The molecule has 0 bridgehead atoms. The maximum absolute atomic E-state index is 13.7. The Morgan fingerprint density at radius 1 is 0.829 bits per heavy atom. The summed E-state index contributed by atoms with van der Waals surface area (Å²) in [5.41, 5.74) is -5.94. The molecule has 35 heavy (non-hydrogen) atoms. The molecule has 1 heterocycles. The van der Waals surface area contributed by atoms with Crippen molar-refractivity contribution in [2.24, 2.45) is 0 Å². The van der Waals surface area contributed by atoms with E-state index in [1.54, 1.807) is 12.1 Å². The number of alkyl halides is 6. The monoisotopic (exact) mass is 520 g/mol. The van der Waals surface area contributed by atoms with E-state index in [-0.39, 0.29) is 42.2 Å². The van der Waals surface area contributed by atoms with Crippen LogP contribution in [0.1, 0.15) is 34.1 Å². The molecule has 4 nitrogen and oxygen atoms in total. The molecule has 3 rings (SSSR count). The van der Waals surface area contributed by atoms with Crippen LogP contribution in [0, 0.1) is 0 Å². The van der Waals surface area contributed by atoms with Crippen molar-refractivity contribution < 1.29 is 46.4 Å². The van der Waals surface area contributed by atoms with Crippen molar-refractivity contribution in [3.8, 4) is 16.2 Å². The number of aliphatic hydroxyl groups excluding tert-OH is 2. The average molecular weight is 520 g/mol. The second-order valence-electron chi connectivity index (χ2n) is 7.70. The summed E-state index contributed by atoms with van der Waals surface area (Å²) in [4.78, 5) is 0.611. The maximum atomic E-state index is 13.7. The first-order valence-corrected chi connectivity index (χ1v) is 11.2. The van der Waals surface area contributed by atoms with Gasteiger partial charge in [0.2, 0.25) is 0 Å². The van der Waals surface area contributed by atoms with Crippen LogP contribution in [-0.2, 0) is 31.8 Å². The molecule has 0 fully saturated rings. The van der Waals surface area contributed by atoms with Gasteiger partial charge in [0.1, 0.15) is 12.4 Å². The number of rotatable bonds is 8. The zero-order valence-corrected chi connectivity index (χ0v) is 19.2. The number of aryl methyl sites for hydroxylation is 1. The molecule has 2 aromatic carbocycles. The molecule has 3 N–H and O–H groups in total. The average Bonchev–Trinajstić information content (AvgIpc) is 3.28. The topological polar surface area (TPSA) is 69.9 Å². The fourth-order valence-electron chi connectivity index (χ4n) is 3.72. The Morgan fingerprint density at radius 2 is 1.49 bits per heavy atom. The molecule has 0 aliphatic heterocycles. The lowest BCUT2D eigenvalue weighted by molar-refractivity contribution is -0.376. The standard InChI is InChI=1S/C24H22F6O4S/c1-2-14-4-3-5-19(21(14)22(33,23(25,26)27)24(28,29)30)20-9-8-18(35-20)13-34-17-7-6-15(11-31)16(10-17)12-32/h3-10,31-33H,2,11-13H2,1H3. The van der Waals surface area contributed by atoms with Crippen LogP contribution in [0.15, 0.2) is 48.5 Å². The van der Waals surface area contributed by atoms with Gasteiger partial charge in [-0.1, -0.05) is 31.2 Å². The summed E-state index contributed by atoms with van der Waals surface area (Å²) >= 11 is 0.933. The van der Waals surface area contributed by atoms with E-state index in [0.29, 0.717) is 21.8 Å². The highest BCUT2D eigenvalue weighted by Crippen LogP contribution is 2.54. The van der Waals surface area contributed by atoms with Gasteiger partial charge in [0.25, 0.3) is 5.60 Å². The highest BCUT2D eigenvalue weighted by molar-refractivity contribution is 7.15. The second kappa shape index (κ2) is 10.2. The first-order chi connectivity index (χ1) is 16.4.